The lowest BCUT2D eigenvalue weighted by molar-refractivity contribution is -0.143. The number of carbonyl (C=O) groups is 2. The monoisotopic (exact) mass is 334 g/mol. The number of rotatable bonds is 4. The van der Waals surface area contributed by atoms with Gasteiger partial charge in [-0.05, 0) is 19.4 Å². The zero-order chi connectivity index (χ0) is 16.8. The molecule has 0 radical (unpaired) electrons. The molecule has 6 nitrogen and oxygen atoms in total. The molecule has 1 aromatic carbocycles. The number of carboxylic acids is 2. The Balaban J connectivity index is 1.98. The molecule has 0 aromatic heterocycles. The Morgan fingerprint density at radius 2 is 1.87 bits per heavy atom. The molecule has 7 heteroatoms. The topological polar surface area (TPSA) is 90.2 Å². The van der Waals surface area contributed by atoms with Gasteiger partial charge in [-0.1, -0.05) is 30.3 Å². The number of hydrogen-bond donors (Lipinski definition) is 2. The number of thioether (sulfide) groups is 1. The second-order valence-corrected chi connectivity index (χ2v) is 8.02. The van der Waals surface area contributed by atoms with E-state index in [1.807, 2.05) is 44.2 Å². The Bertz CT molecular complexity index is 674. The zero-order valence-corrected chi connectivity index (χ0v) is 13.7. The molecular formula is C16H18N2O4S. The summed E-state index contributed by atoms with van der Waals surface area (Å²) in [6.45, 7) is 3.68. The molecule has 0 aliphatic carbocycles. The molecule has 122 valence electrons. The molecule has 2 aliphatic heterocycles. The first kappa shape index (κ1) is 15.9. The Kier molecular flexibility index (Phi) is 3.83. The Morgan fingerprint density at radius 3 is 2.43 bits per heavy atom. The average Bonchev–Trinajstić information content (AvgIpc) is 2.92. The van der Waals surface area contributed by atoms with Crippen molar-refractivity contribution in [2.45, 2.75) is 42.5 Å². The van der Waals surface area contributed by atoms with E-state index in [1.54, 1.807) is 4.90 Å². The maximum absolute atomic E-state index is 11.8. The Labute approximate surface area is 138 Å². The molecule has 1 saturated heterocycles. The van der Waals surface area contributed by atoms with E-state index < -0.39 is 34.1 Å². The molecule has 23 heavy (non-hydrogen) atoms. The van der Waals surface area contributed by atoms with Crippen LogP contribution >= 0.6 is 11.8 Å². The largest absolute Gasteiger partial charge is 0.480 e. The number of benzene rings is 1. The van der Waals surface area contributed by atoms with Gasteiger partial charge in [-0.3, -0.25) is 4.99 Å². The lowest BCUT2D eigenvalue weighted by Crippen LogP contribution is -2.50. The van der Waals surface area contributed by atoms with Crippen LogP contribution in [-0.4, -0.2) is 55.1 Å². The molecule has 2 N–H and O–H groups in total. The molecule has 0 spiro atoms. The third-order valence-corrected chi connectivity index (χ3v) is 5.74. The van der Waals surface area contributed by atoms with Crippen molar-refractivity contribution in [1.82, 2.24) is 4.90 Å². The first-order valence-electron chi connectivity index (χ1n) is 7.33. The number of carboxylic acid groups (broad SMARTS) is 2. The Hall–Kier alpha value is -2.02. The molecule has 3 atom stereocenters. The summed E-state index contributed by atoms with van der Waals surface area (Å²) in [6.07, 6.45) is 0.432. The lowest BCUT2D eigenvalue weighted by Gasteiger charge is -2.29. The van der Waals surface area contributed by atoms with Gasteiger partial charge in [-0.25, -0.2) is 9.59 Å². The molecule has 2 aliphatic rings. The number of nitrogens with zero attached hydrogens (tertiary/aromatic N) is 2. The average molecular weight is 334 g/mol. The highest BCUT2D eigenvalue weighted by molar-refractivity contribution is 8.01. The fourth-order valence-corrected chi connectivity index (χ4v) is 4.86. The van der Waals surface area contributed by atoms with Crippen molar-refractivity contribution in [3.8, 4) is 0 Å². The third-order valence-electron chi connectivity index (χ3n) is 4.18. The standard InChI is InChI=1S/C16H18N2O4S/c1-16(2)12(15(21)22)18-10(8-9-6-4-3-5-7-9)17-11(14(19)20)13(18)23-16/h3-7,11-13H,8H2,1-2H3,(H,19,20)(H,21,22)/t11-,12+,13+/m0/s1. The summed E-state index contributed by atoms with van der Waals surface area (Å²) >= 11 is 1.38. The van der Waals surface area contributed by atoms with Crippen molar-refractivity contribution in [2.75, 3.05) is 0 Å². The van der Waals surface area contributed by atoms with Crippen LogP contribution in [0.25, 0.3) is 0 Å². The number of fused-ring (bicyclic) bond motifs is 1. The minimum Gasteiger partial charge on any atom is -0.480 e. The summed E-state index contributed by atoms with van der Waals surface area (Å²) in [5.74, 6) is -1.42. The summed E-state index contributed by atoms with van der Waals surface area (Å²) in [6, 6.07) is 7.83. The first-order valence-corrected chi connectivity index (χ1v) is 8.21. The van der Waals surface area contributed by atoms with E-state index in [0.717, 1.165) is 5.56 Å². The smallest absolute Gasteiger partial charge is 0.331 e. The maximum Gasteiger partial charge on any atom is 0.331 e. The third kappa shape index (κ3) is 2.69. The summed E-state index contributed by atoms with van der Waals surface area (Å²) in [4.78, 5) is 29.3. The normalized spacial score (nSPS) is 28.3. The SMILES string of the molecule is CC1(C)S[C@@H]2[C@@H](C(=O)O)N=C(Cc3ccccc3)N2[C@@H]1C(=O)O. The van der Waals surface area contributed by atoms with Crippen LogP contribution in [0, 0.1) is 0 Å². The van der Waals surface area contributed by atoms with Gasteiger partial charge in [0.1, 0.15) is 17.3 Å². The second kappa shape index (κ2) is 5.56. The summed E-state index contributed by atoms with van der Waals surface area (Å²) in [5, 5.41) is 18.6. The van der Waals surface area contributed by atoms with E-state index in [-0.39, 0.29) is 0 Å². The number of aliphatic carboxylic acids is 2. The quantitative estimate of drug-likeness (QED) is 0.871. The van der Waals surface area contributed by atoms with Crippen LogP contribution in [0.3, 0.4) is 0 Å². The van der Waals surface area contributed by atoms with E-state index in [0.29, 0.717) is 12.3 Å². The minimum absolute atomic E-state index is 0.432. The van der Waals surface area contributed by atoms with Crippen LogP contribution in [0.5, 0.6) is 0 Å². The minimum atomic E-state index is -1.02. The van der Waals surface area contributed by atoms with Crippen molar-refractivity contribution < 1.29 is 19.8 Å². The summed E-state index contributed by atoms with van der Waals surface area (Å²) < 4.78 is -0.581. The lowest BCUT2D eigenvalue weighted by atomic mass is 10.0. The van der Waals surface area contributed by atoms with Gasteiger partial charge in [0, 0.05) is 11.2 Å². The van der Waals surface area contributed by atoms with Crippen LogP contribution < -0.4 is 0 Å². The van der Waals surface area contributed by atoms with Crippen molar-refractivity contribution >= 4 is 29.5 Å². The number of aliphatic imine (C=N–C) groups is 1. The van der Waals surface area contributed by atoms with Gasteiger partial charge in [-0.15, -0.1) is 11.8 Å². The van der Waals surface area contributed by atoms with Gasteiger partial charge in [0.25, 0.3) is 0 Å². The molecule has 0 amide bonds. The van der Waals surface area contributed by atoms with E-state index >= 15 is 0 Å². The van der Waals surface area contributed by atoms with Crippen LogP contribution in [-0.2, 0) is 16.0 Å². The van der Waals surface area contributed by atoms with E-state index in [2.05, 4.69) is 4.99 Å². The molecule has 0 bridgehead atoms. The highest BCUT2D eigenvalue weighted by Crippen LogP contribution is 2.49. The van der Waals surface area contributed by atoms with Crippen LogP contribution in [0.15, 0.2) is 35.3 Å². The van der Waals surface area contributed by atoms with Gasteiger partial charge in [0.05, 0.1) is 0 Å². The van der Waals surface area contributed by atoms with Gasteiger partial charge in [0.2, 0.25) is 0 Å². The van der Waals surface area contributed by atoms with Crippen LogP contribution in [0.4, 0.5) is 0 Å². The summed E-state index contributed by atoms with van der Waals surface area (Å²) in [7, 11) is 0. The highest BCUT2D eigenvalue weighted by Gasteiger charge is 2.58. The number of hydrogen-bond acceptors (Lipinski definition) is 5. The van der Waals surface area contributed by atoms with Crippen molar-refractivity contribution in [3.63, 3.8) is 0 Å². The predicted octanol–water partition coefficient (Wildman–Crippen LogP) is 1.70. The van der Waals surface area contributed by atoms with Crippen molar-refractivity contribution in [2.24, 2.45) is 4.99 Å². The molecule has 1 aromatic rings. The van der Waals surface area contributed by atoms with Crippen molar-refractivity contribution in [3.05, 3.63) is 35.9 Å². The van der Waals surface area contributed by atoms with E-state index in [4.69, 9.17) is 0 Å². The van der Waals surface area contributed by atoms with Crippen molar-refractivity contribution in [1.29, 1.82) is 0 Å². The molecular weight excluding hydrogens is 316 g/mol. The summed E-state index contributed by atoms with van der Waals surface area (Å²) in [5.41, 5.74) is 0.981. The highest BCUT2D eigenvalue weighted by atomic mass is 32.2. The van der Waals surface area contributed by atoms with E-state index in [9.17, 15) is 19.8 Å². The Morgan fingerprint density at radius 1 is 1.22 bits per heavy atom. The molecule has 0 saturated carbocycles. The second-order valence-electron chi connectivity index (χ2n) is 6.25. The number of amidine groups is 1. The molecule has 2 heterocycles. The first-order chi connectivity index (χ1) is 10.8. The fourth-order valence-electron chi connectivity index (χ4n) is 3.23. The van der Waals surface area contributed by atoms with Gasteiger partial charge in [-0.2, -0.15) is 0 Å². The molecule has 0 unspecified atom stereocenters. The fraction of sp³-hybridized carbons (Fsp3) is 0.438. The van der Waals surface area contributed by atoms with Crippen LogP contribution in [0.1, 0.15) is 19.4 Å². The predicted molar refractivity (Wildman–Crippen MR) is 87.7 cm³/mol. The zero-order valence-electron chi connectivity index (χ0n) is 12.8. The van der Waals surface area contributed by atoms with Gasteiger partial charge in [0.15, 0.2) is 6.04 Å². The molecule has 1 fully saturated rings. The van der Waals surface area contributed by atoms with Gasteiger partial charge >= 0.3 is 11.9 Å². The molecule has 3 rings (SSSR count). The van der Waals surface area contributed by atoms with Gasteiger partial charge < -0.3 is 15.1 Å². The maximum atomic E-state index is 11.8. The van der Waals surface area contributed by atoms with Crippen LogP contribution in [0.2, 0.25) is 0 Å². The van der Waals surface area contributed by atoms with E-state index in [1.165, 1.54) is 11.8 Å².